The summed E-state index contributed by atoms with van der Waals surface area (Å²) in [5, 5.41) is 10.8. The number of benzene rings is 7. The molecule has 2 heteroatoms. The molecular formula is C42H42S2. The van der Waals surface area contributed by atoms with Gasteiger partial charge in [0.15, 0.2) is 0 Å². The lowest BCUT2D eigenvalue weighted by atomic mass is 9.84. The van der Waals surface area contributed by atoms with E-state index in [0.717, 1.165) is 0 Å². The second kappa shape index (κ2) is 11.0. The Morgan fingerprint density at radius 1 is 0.432 bits per heavy atom. The summed E-state index contributed by atoms with van der Waals surface area (Å²) in [7, 11) is -1.52. The molecule has 1 fully saturated rings. The van der Waals surface area contributed by atoms with Gasteiger partial charge in [-0.15, -0.1) is 0 Å². The van der Waals surface area contributed by atoms with E-state index in [-0.39, 0.29) is 0 Å². The summed E-state index contributed by atoms with van der Waals surface area (Å²) in [6.07, 6.45) is 9.70. The predicted molar refractivity (Wildman–Crippen MR) is 204 cm³/mol. The molecule has 8 rings (SSSR count). The lowest BCUT2D eigenvalue weighted by Gasteiger charge is -2.28. The van der Waals surface area contributed by atoms with E-state index < -0.39 is 20.1 Å². The molecule has 0 radical (unpaired) electrons. The van der Waals surface area contributed by atoms with Gasteiger partial charge >= 0.3 is 0 Å². The molecule has 0 amide bonds. The molecule has 1 aliphatic rings. The maximum absolute atomic E-state index is 2.50. The third kappa shape index (κ3) is 4.62. The van der Waals surface area contributed by atoms with E-state index in [2.05, 4.69) is 146 Å². The quantitative estimate of drug-likeness (QED) is 0.137. The molecule has 0 bridgehead atoms. The fraction of sp³-hybridized carbons (Fsp3) is 0.190. The van der Waals surface area contributed by atoms with Crippen LogP contribution in [-0.2, 0) is 0 Å². The number of hydrogen-bond donors (Lipinski definition) is 0. The van der Waals surface area contributed by atoms with Crippen LogP contribution in [-0.4, -0.2) is 36.5 Å². The van der Waals surface area contributed by atoms with Crippen LogP contribution in [0.25, 0.3) is 65.3 Å². The summed E-state index contributed by atoms with van der Waals surface area (Å²) in [6, 6.07) is 46.0. The second-order valence-corrected chi connectivity index (χ2v) is 20.6. The molecule has 0 N–H and O–H groups in total. The molecule has 1 heterocycles. The Balaban J connectivity index is 0.00000153. The van der Waals surface area contributed by atoms with Crippen LogP contribution in [0.4, 0.5) is 0 Å². The van der Waals surface area contributed by atoms with Crippen molar-refractivity contribution in [3.63, 3.8) is 0 Å². The fourth-order valence-electron chi connectivity index (χ4n) is 7.00. The largest absolute Gasteiger partial charge is 0.223 e. The molecule has 7 aromatic rings. The Bertz CT molecular complexity index is 1990. The van der Waals surface area contributed by atoms with E-state index in [9.17, 15) is 0 Å². The monoisotopic (exact) mass is 610 g/mol. The van der Waals surface area contributed by atoms with Crippen LogP contribution in [0, 0.1) is 0 Å². The zero-order chi connectivity index (χ0) is 30.6. The number of rotatable bonds is 4. The Morgan fingerprint density at radius 2 is 0.795 bits per heavy atom. The van der Waals surface area contributed by atoms with Gasteiger partial charge in [0.1, 0.15) is 0 Å². The van der Waals surface area contributed by atoms with Crippen molar-refractivity contribution < 1.29 is 0 Å². The lowest BCUT2D eigenvalue weighted by molar-refractivity contribution is 1.50. The van der Waals surface area contributed by atoms with Gasteiger partial charge in [-0.1, -0.05) is 123 Å². The molecule has 0 spiro atoms. The van der Waals surface area contributed by atoms with Crippen molar-refractivity contribution in [2.75, 3.05) is 36.5 Å². The minimum atomic E-state index is -0.885. The minimum absolute atomic E-state index is 0.639. The van der Waals surface area contributed by atoms with Crippen LogP contribution in [0.2, 0.25) is 0 Å². The van der Waals surface area contributed by atoms with E-state index >= 15 is 0 Å². The minimum Gasteiger partial charge on any atom is -0.223 e. The number of hydrogen-bond acceptors (Lipinski definition) is 0. The Labute approximate surface area is 265 Å². The summed E-state index contributed by atoms with van der Waals surface area (Å²) in [5.74, 6) is 2.72. The summed E-state index contributed by atoms with van der Waals surface area (Å²) >= 11 is 0. The number of fused-ring (bicyclic) bond motifs is 4. The van der Waals surface area contributed by atoms with Gasteiger partial charge in [0.25, 0.3) is 0 Å². The van der Waals surface area contributed by atoms with Crippen LogP contribution in [0.1, 0.15) is 13.8 Å². The Hall–Kier alpha value is -3.72. The molecule has 1 aliphatic heterocycles. The third-order valence-corrected chi connectivity index (χ3v) is 14.0. The van der Waals surface area contributed by atoms with Crippen molar-refractivity contribution in [2.45, 2.75) is 23.6 Å². The molecule has 44 heavy (non-hydrogen) atoms. The molecule has 0 nitrogen and oxygen atoms in total. The first-order chi connectivity index (χ1) is 21.4. The molecule has 1 saturated heterocycles. The van der Waals surface area contributed by atoms with Gasteiger partial charge in [0.05, 0.1) is 0 Å². The van der Waals surface area contributed by atoms with Gasteiger partial charge in [-0.2, -0.15) is 0 Å². The van der Waals surface area contributed by atoms with Crippen LogP contribution in [0.5, 0.6) is 0 Å². The molecular weight excluding hydrogens is 569 g/mol. The van der Waals surface area contributed by atoms with E-state index in [1.165, 1.54) is 81.7 Å². The van der Waals surface area contributed by atoms with Crippen molar-refractivity contribution in [3.8, 4) is 22.3 Å². The van der Waals surface area contributed by atoms with Gasteiger partial charge in [-0.25, -0.2) is 20.1 Å². The summed E-state index contributed by atoms with van der Waals surface area (Å²) in [6.45, 7) is 4.00. The highest BCUT2D eigenvalue weighted by atomic mass is 32.3. The molecule has 0 saturated carbocycles. The molecule has 0 aliphatic carbocycles. The zero-order valence-electron chi connectivity index (χ0n) is 26.8. The maximum atomic E-state index is 2.50. The highest BCUT2D eigenvalue weighted by Gasteiger charge is 2.35. The maximum Gasteiger partial charge on any atom is -0.00201 e. The van der Waals surface area contributed by atoms with Crippen LogP contribution in [0.15, 0.2) is 131 Å². The van der Waals surface area contributed by atoms with Crippen LogP contribution >= 0.6 is 20.1 Å². The van der Waals surface area contributed by atoms with Crippen LogP contribution < -0.4 is 0 Å². The summed E-state index contributed by atoms with van der Waals surface area (Å²) in [5.41, 5.74) is 5.35. The van der Waals surface area contributed by atoms with E-state index in [1.807, 2.05) is 13.8 Å². The first-order valence-corrected chi connectivity index (χ1v) is 21.0. The topological polar surface area (TPSA) is 0 Å². The zero-order valence-corrected chi connectivity index (χ0v) is 28.4. The summed E-state index contributed by atoms with van der Waals surface area (Å²) in [4.78, 5) is 3.06. The average Bonchev–Trinajstić information content (AvgIpc) is 3.81. The van der Waals surface area contributed by atoms with Crippen molar-refractivity contribution in [1.82, 2.24) is 0 Å². The van der Waals surface area contributed by atoms with Crippen molar-refractivity contribution in [3.05, 3.63) is 121 Å². The molecule has 7 aromatic carbocycles. The predicted octanol–water partition coefficient (Wildman–Crippen LogP) is 12.5. The van der Waals surface area contributed by atoms with E-state index in [0.29, 0.717) is 0 Å². The molecule has 0 atom stereocenters. The first kappa shape index (κ1) is 29.0. The SMILES string of the molecule is CC.CS(C)(C)c1ccc(-c2c3ccccc3c(-c3ccc(S4(C)CC4)c4ccccc34)c3ccccc23)c2ccccc12. The normalized spacial score (nSPS) is 15.2. The van der Waals surface area contributed by atoms with Crippen molar-refractivity contribution >= 4 is 63.1 Å². The lowest BCUT2D eigenvalue weighted by Crippen LogP contribution is -1.97. The van der Waals surface area contributed by atoms with Gasteiger partial charge < -0.3 is 0 Å². The standard InChI is InChI=1S/C40H36S2.C2H6/c1-41(2,3)37-23-21-35(27-13-5-7-15-29(27)37)39-31-17-9-11-19-33(31)40(34-20-12-10-18-32(34)39)36-22-24-38(42(4)25-26-42)30-16-8-6-14-28(30)36;1-2/h5-24H,25-26H2,1-4H3;1-2H3. The van der Waals surface area contributed by atoms with Crippen molar-refractivity contribution in [2.24, 2.45) is 0 Å². The molecule has 0 aromatic heterocycles. The second-order valence-electron chi connectivity index (χ2n) is 12.7. The molecule has 0 unspecified atom stereocenters. The van der Waals surface area contributed by atoms with Crippen LogP contribution in [0.3, 0.4) is 0 Å². The third-order valence-electron chi connectivity index (χ3n) is 9.25. The Kier molecular flexibility index (Phi) is 7.27. The molecule has 222 valence electrons. The highest BCUT2D eigenvalue weighted by Crippen LogP contribution is 2.66. The van der Waals surface area contributed by atoms with E-state index in [4.69, 9.17) is 0 Å². The first-order valence-electron chi connectivity index (χ1n) is 15.7. The van der Waals surface area contributed by atoms with Crippen molar-refractivity contribution in [1.29, 1.82) is 0 Å². The van der Waals surface area contributed by atoms with Gasteiger partial charge in [-0.05, 0) is 124 Å². The fourth-order valence-corrected chi connectivity index (χ4v) is 10.9. The van der Waals surface area contributed by atoms with E-state index in [1.54, 1.807) is 4.90 Å². The van der Waals surface area contributed by atoms with Gasteiger partial charge in [0.2, 0.25) is 0 Å². The average molecular weight is 611 g/mol. The van der Waals surface area contributed by atoms with Gasteiger partial charge in [0, 0.05) is 0 Å². The smallest absolute Gasteiger partial charge is 0.00201 e. The highest BCUT2D eigenvalue weighted by molar-refractivity contribution is 8.39. The Morgan fingerprint density at radius 3 is 1.23 bits per heavy atom. The summed E-state index contributed by atoms with van der Waals surface area (Å²) < 4.78 is 0. The van der Waals surface area contributed by atoms with Gasteiger partial charge in [-0.3, -0.25) is 0 Å².